The first kappa shape index (κ1) is 14.7. The van der Waals surface area contributed by atoms with Gasteiger partial charge in [-0.2, -0.15) is 0 Å². The highest BCUT2D eigenvalue weighted by Gasteiger charge is 2.31. The van der Waals surface area contributed by atoms with Crippen molar-refractivity contribution in [1.82, 2.24) is 0 Å². The number of benzene rings is 2. The average Bonchev–Trinajstić information content (AvgIpc) is 2.57. The quantitative estimate of drug-likeness (QED) is 0.473. The zero-order valence-corrected chi connectivity index (χ0v) is 12.2. The van der Waals surface area contributed by atoms with Crippen LogP contribution in [0.15, 0.2) is 24.3 Å². The van der Waals surface area contributed by atoms with E-state index in [1.165, 1.54) is 38.5 Å². The molecule has 0 amide bonds. The minimum Gasteiger partial charge on any atom is -0.465 e. The molecule has 0 saturated carbocycles. The SMILES string of the molecule is COC(=O)c1ccc2c3c(ccc(C(=O)OC)c13)C(=O)OC2=O. The summed E-state index contributed by atoms with van der Waals surface area (Å²) in [6.45, 7) is 0. The first-order valence-electron chi connectivity index (χ1n) is 6.52. The number of esters is 4. The van der Waals surface area contributed by atoms with Crippen molar-refractivity contribution >= 4 is 34.6 Å². The van der Waals surface area contributed by atoms with Crippen molar-refractivity contribution in [2.75, 3.05) is 14.2 Å². The van der Waals surface area contributed by atoms with Gasteiger partial charge in [-0.15, -0.1) is 0 Å². The van der Waals surface area contributed by atoms with E-state index < -0.39 is 23.9 Å². The van der Waals surface area contributed by atoms with Crippen LogP contribution >= 0.6 is 0 Å². The van der Waals surface area contributed by atoms with E-state index >= 15 is 0 Å². The molecule has 116 valence electrons. The number of carbonyl (C=O) groups excluding carboxylic acids is 4. The molecule has 0 fully saturated rings. The fourth-order valence-electron chi connectivity index (χ4n) is 2.59. The summed E-state index contributed by atoms with van der Waals surface area (Å²) in [6, 6.07) is 5.40. The molecule has 1 aliphatic rings. The van der Waals surface area contributed by atoms with Gasteiger partial charge in [-0.25, -0.2) is 19.2 Å². The average molecular weight is 314 g/mol. The van der Waals surface area contributed by atoms with Gasteiger partial charge in [-0.05, 0) is 24.3 Å². The van der Waals surface area contributed by atoms with E-state index in [0.717, 1.165) is 0 Å². The molecule has 7 heteroatoms. The van der Waals surface area contributed by atoms with Gasteiger partial charge in [0.25, 0.3) is 0 Å². The van der Waals surface area contributed by atoms with Crippen LogP contribution < -0.4 is 0 Å². The zero-order valence-electron chi connectivity index (χ0n) is 12.2. The topological polar surface area (TPSA) is 96.0 Å². The summed E-state index contributed by atoms with van der Waals surface area (Å²) in [4.78, 5) is 47.8. The lowest BCUT2D eigenvalue weighted by Crippen LogP contribution is -2.21. The second-order valence-corrected chi connectivity index (χ2v) is 4.73. The summed E-state index contributed by atoms with van der Waals surface area (Å²) < 4.78 is 14.1. The Morgan fingerprint density at radius 2 is 1.22 bits per heavy atom. The maximum Gasteiger partial charge on any atom is 0.346 e. The van der Waals surface area contributed by atoms with Gasteiger partial charge in [-0.1, -0.05) is 0 Å². The summed E-state index contributed by atoms with van der Waals surface area (Å²) in [6.07, 6.45) is 0. The minimum absolute atomic E-state index is 0.0519. The Hall–Kier alpha value is -3.22. The van der Waals surface area contributed by atoms with Crippen LogP contribution in [0.1, 0.15) is 41.4 Å². The Kier molecular flexibility index (Phi) is 3.33. The number of rotatable bonds is 2. The van der Waals surface area contributed by atoms with Crippen molar-refractivity contribution in [1.29, 1.82) is 0 Å². The molecule has 0 saturated heterocycles. The smallest absolute Gasteiger partial charge is 0.346 e. The van der Waals surface area contributed by atoms with Crippen LogP contribution in [-0.4, -0.2) is 38.1 Å². The van der Waals surface area contributed by atoms with Crippen LogP contribution in [0.5, 0.6) is 0 Å². The Morgan fingerprint density at radius 3 is 1.61 bits per heavy atom. The van der Waals surface area contributed by atoms with Crippen molar-refractivity contribution in [3.8, 4) is 0 Å². The third kappa shape index (κ3) is 2.05. The third-order valence-corrected chi connectivity index (χ3v) is 3.60. The normalized spacial score (nSPS) is 12.8. The molecule has 0 radical (unpaired) electrons. The predicted molar refractivity (Wildman–Crippen MR) is 76.4 cm³/mol. The minimum atomic E-state index is -0.842. The van der Waals surface area contributed by atoms with Crippen molar-refractivity contribution in [2.45, 2.75) is 0 Å². The summed E-state index contributed by atoms with van der Waals surface area (Å²) in [5.41, 5.74) is 0.285. The summed E-state index contributed by atoms with van der Waals surface area (Å²) in [5.74, 6) is -3.09. The second-order valence-electron chi connectivity index (χ2n) is 4.73. The summed E-state index contributed by atoms with van der Waals surface area (Å²) in [7, 11) is 2.38. The Bertz CT molecular complexity index is 826. The van der Waals surface area contributed by atoms with Crippen LogP contribution in [0.25, 0.3) is 10.8 Å². The first-order chi connectivity index (χ1) is 11.0. The standard InChI is InChI=1S/C16H10O7/c1-21-13(17)7-3-5-9-12-10(16(20)23-15(9)19)6-4-8(11(7)12)14(18)22-2/h3-6H,1-2H3. The van der Waals surface area contributed by atoms with Crippen molar-refractivity contribution in [2.24, 2.45) is 0 Å². The lowest BCUT2D eigenvalue weighted by Gasteiger charge is -2.18. The van der Waals surface area contributed by atoms with Crippen molar-refractivity contribution in [3.63, 3.8) is 0 Å². The second kappa shape index (κ2) is 5.20. The molecule has 7 nitrogen and oxygen atoms in total. The number of hydrogen-bond acceptors (Lipinski definition) is 7. The molecular weight excluding hydrogens is 304 g/mol. The monoisotopic (exact) mass is 314 g/mol. The number of cyclic esters (lactones) is 2. The highest BCUT2D eigenvalue weighted by molar-refractivity contribution is 6.26. The Morgan fingerprint density at radius 1 is 0.783 bits per heavy atom. The van der Waals surface area contributed by atoms with Gasteiger partial charge in [0.2, 0.25) is 0 Å². The van der Waals surface area contributed by atoms with Gasteiger partial charge in [-0.3, -0.25) is 0 Å². The number of methoxy groups -OCH3 is 2. The van der Waals surface area contributed by atoms with E-state index in [-0.39, 0.29) is 33.0 Å². The predicted octanol–water partition coefficient (Wildman–Crippen LogP) is 1.72. The lowest BCUT2D eigenvalue weighted by atomic mass is 9.90. The molecule has 1 aliphatic heterocycles. The zero-order chi connectivity index (χ0) is 16.7. The largest absolute Gasteiger partial charge is 0.465 e. The van der Waals surface area contributed by atoms with E-state index in [1.807, 2.05) is 0 Å². The van der Waals surface area contributed by atoms with Crippen LogP contribution in [0.3, 0.4) is 0 Å². The molecule has 2 aromatic rings. The fraction of sp³-hybridized carbons (Fsp3) is 0.125. The van der Waals surface area contributed by atoms with Gasteiger partial charge in [0, 0.05) is 10.8 Å². The van der Waals surface area contributed by atoms with Crippen LogP contribution in [0, 0.1) is 0 Å². The molecule has 0 unspecified atom stereocenters. The summed E-state index contributed by atoms with van der Waals surface area (Å²) in [5, 5.41) is 0.306. The van der Waals surface area contributed by atoms with E-state index in [0.29, 0.717) is 0 Å². The van der Waals surface area contributed by atoms with Crippen LogP contribution in [0.4, 0.5) is 0 Å². The van der Waals surface area contributed by atoms with E-state index in [2.05, 4.69) is 4.74 Å². The van der Waals surface area contributed by atoms with Gasteiger partial charge < -0.3 is 14.2 Å². The highest BCUT2D eigenvalue weighted by atomic mass is 16.6. The number of ether oxygens (including phenoxy) is 3. The molecule has 0 atom stereocenters. The molecule has 0 bridgehead atoms. The molecular formula is C16H10O7. The number of carbonyl (C=O) groups is 4. The molecule has 0 spiro atoms. The number of hydrogen-bond donors (Lipinski definition) is 0. The highest BCUT2D eigenvalue weighted by Crippen LogP contribution is 2.34. The Balaban J connectivity index is 2.52. The first-order valence-corrected chi connectivity index (χ1v) is 6.52. The maximum atomic E-state index is 12.0. The lowest BCUT2D eigenvalue weighted by molar-refractivity contribution is 0.0388. The third-order valence-electron chi connectivity index (χ3n) is 3.60. The summed E-state index contributed by atoms with van der Waals surface area (Å²) >= 11 is 0. The van der Waals surface area contributed by atoms with Gasteiger partial charge in [0.15, 0.2) is 0 Å². The van der Waals surface area contributed by atoms with E-state index in [1.54, 1.807) is 0 Å². The molecule has 2 aromatic carbocycles. The molecule has 0 aliphatic carbocycles. The molecule has 0 N–H and O–H groups in total. The van der Waals surface area contributed by atoms with E-state index in [4.69, 9.17) is 9.47 Å². The van der Waals surface area contributed by atoms with Gasteiger partial charge in [0.05, 0.1) is 36.5 Å². The van der Waals surface area contributed by atoms with Gasteiger partial charge in [0.1, 0.15) is 0 Å². The van der Waals surface area contributed by atoms with E-state index in [9.17, 15) is 19.2 Å². The van der Waals surface area contributed by atoms with Crippen LogP contribution in [0.2, 0.25) is 0 Å². The molecule has 23 heavy (non-hydrogen) atoms. The molecule has 1 heterocycles. The van der Waals surface area contributed by atoms with Crippen molar-refractivity contribution in [3.05, 3.63) is 46.5 Å². The fourth-order valence-corrected chi connectivity index (χ4v) is 2.59. The van der Waals surface area contributed by atoms with Gasteiger partial charge >= 0.3 is 23.9 Å². The van der Waals surface area contributed by atoms with Crippen molar-refractivity contribution < 1.29 is 33.4 Å². The van der Waals surface area contributed by atoms with Crippen LogP contribution in [-0.2, 0) is 14.2 Å². The Labute approximate surface area is 129 Å². The maximum absolute atomic E-state index is 12.0. The molecule has 0 aromatic heterocycles. The molecule has 3 rings (SSSR count).